The minimum Gasteiger partial charge on any atom is -0.385 e. The van der Waals surface area contributed by atoms with Crippen LogP contribution in [0.3, 0.4) is 0 Å². The molecule has 0 heterocycles. The standard InChI is InChI=1S/C57H93O4P/c1-13-22-31-46-40-43(10)49(34-25-16-4)52(37-28-19-7)55(46)59-62(58,60-56-47(32-23-14-2)41-44(11)50(35-26-17-5)53(56)38-29-20-8)61-57-48(33-24-15-3)42-45(12)51(36-27-18-6)54(57)39-30-21-9/h40-42H,13-39H2,1-12H3. The Labute approximate surface area is 383 Å². The van der Waals surface area contributed by atoms with E-state index in [-0.39, 0.29) is 0 Å². The average molecular weight is 873 g/mol. The van der Waals surface area contributed by atoms with Crippen molar-refractivity contribution in [3.8, 4) is 17.2 Å². The lowest BCUT2D eigenvalue weighted by molar-refractivity contribution is 0.291. The van der Waals surface area contributed by atoms with Crippen LogP contribution in [0.25, 0.3) is 0 Å². The summed E-state index contributed by atoms with van der Waals surface area (Å²) >= 11 is 0. The fraction of sp³-hybridized carbons (Fsp3) is 0.684. The van der Waals surface area contributed by atoms with Gasteiger partial charge in [0.15, 0.2) is 0 Å². The molecule has 0 spiro atoms. The summed E-state index contributed by atoms with van der Waals surface area (Å²) in [6.45, 7) is 27.2. The van der Waals surface area contributed by atoms with Gasteiger partial charge in [0.25, 0.3) is 0 Å². The van der Waals surface area contributed by atoms with Crippen molar-refractivity contribution in [3.63, 3.8) is 0 Å². The lowest BCUT2D eigenvalue weighted by atomic mass is 9.89. The van der Waals surface area contributed by atoms with Crippen molar-refractivity contribution in [1.29, 1.82) is 0 Å². The van der Waals surface area contributed by atoms with E-state index in [4.69, 9.17) is 13.6 Å². The van der Waals surface area contributed by atoms with Crippen LogP contribution in [0.1, 0.15) is 245 Å². The molecule has 0 aliphatic carbocycles. The molecule has 62 heavy (non-hydrogen) atoms. The number of benzene rings is 3. The molecule has 3 aromatic rings. The third-order valence-corrected chi connectivity index (χ3v) is 14.3. The highest BCUT2D eigenvalue weighted by Gasteiger charge is 2.39. The van der Waals surface area contributed by atoms with E-state index in [1.54, 1.807) is 0 Å². The second kappa shape index (κ2) is 29.0. The maximum atomic E-state index is 16.8. The van der Waals surface area contributed by atoms with Crippen molar-refractivity contribution < 1.29 is 18.1 Å². The van der Waals surface area contributed by atoms with Crippen LogP contribution < -0.4 is 13.6 Å². The summed E-state index contributed by atoms with van der Waals surface area (Å²) in [5.74, 6) is 2.29. The Morgan fingerprint density at radius 3 is 0.726 bits per heavy atom. The van der Waals surface area contributed by atoms with Crippen LogP contribution in [0.2, 0.25) is 0 Å². The zero-order valence-corrected chi connectivity index (χ0v) is 43.3. The minimum absolute atomic E-state index is 0.763. The first kappa shape index (κ1) is 53.6. The summed E-state index contributed by atoms with van der Waals surface area (Å²) in [6, 6.07) is 7.04. The molecule has 0 aromatic heterocycles. The summed E-state index contributed by atoms with van der Waals surface area (Å²) in [7, 11) is -4.42. The third-order valence-electron chi connectivity index (χ3n) is 13.1. The Kier molecular flexibility index (Phi) is 25.0. The Bertz CT molecular complexity index is 1610. The molecule has 0 bridgehead atoms. The van der Waals surface area contributed by atoms with Gasteiger partial charge in [-0.3, -0.25) is 0 Å². The largest absolute Gasteiger partial charge is 0.647 e. The molecular formula is C57H93O4P. The second-order valence-corrected chi connectivity index (χ2v) is 20.0. The first-order valence-electron chi connectivity index (χ1n) is 26.1. The van der Waals surface area contributed by atoms with Crippen molar-refractivity contribution in [2.24, 2.45) is 0 Å². The van der Waals surface area contributed by atoms with Crippen molar-refractivity contribution in [3.05, 3.63) is 85.0 Å². The van der Waals surface area contributed by atoms with Gasteiger partial charge in [-0.15, -0.1) is 0 Å². The van der Waals surface area contributed by atoms with Gasteiger partial charge in [0.1, 0.15) is 17.2 Å². The molecule has 350 valence electrons. The molecule has 0 N–H and O–H groups in total. The maximum Gasteiger partial charge on any atom is 0.647 e. The smallest absolute Gasteiger partial charge is 0.385 e. The van der Waals surface area contributed by atoms with Gasteiger partial charge in [-0.1, -0.05) is 138 Å². The quantitative estimate of drug-likeness (QED) is 0.0572. The van der Waals surface area contributed by atoms with Gasteiger partial charge in [0.2, 0.25) is 0 Å². The number of hydrogen-bond acceptors (Lipinski definition) is 4. The SMILES string of the molecule is CCCCc1cc(C)c(CCCC)c(CCCC)c1OP(=O)(Oc1c(CCCC)cc(C)c(CCCC)c1CCCC)Oc1c(CCCC)cc(C)c(CCCC)c1CCCC. The molecule has 0 saturated heterocycles. The third kappa shape index (κ3) is 15.5. The summed E-state index contributed by atoms with van der Waals surface area (Å²) < 4.78 is 39.0. The van der Waals surface area contributed by atoms with Crippen molar-refractivity contribution in [1.82, 2.24) is 0 Å². The van der Waals surface area contributed by atoms with Gasteiger partial charge in [0.05, 0.1) is 0 Å². The zero-order valence-electron chi connectivity index (χ0n) is 42.4. The molecule has 0 aliphatic heterocycles. The van der Waals surface area contributed by atoms with E-state index < -0.39 is 7.82 Å². The van der Waals surface area contributed by atoms with Crippen LogP contribution in [-0.2, 0) is 62.4 Å². The number of phosphoric ester groups is 1. The Hall–Kier alpha value is -2.71. The van der Waals surface area contributed by atoms with Gasteiger partial charge in [-0.25, -0.2) is 0 Å². The molecule has 0 atom stereocenters. The Morgan fingerprint density at radius 1 is 0.323 bits per heavy atom. The highest BCUT2D eigenvalue weighted by molar-refractivity contribution is 7.49. The van der Waals surface area contributed by atoms with Crippen LogP contribution in [-0.4, -0.2) is 0 Å². The fourth-order valence-electron chi connectivity index (χ4n) is 9.30. The summed E-state index contributed by atoms with van der Waals surface area (Å²) in [4.78, 5) is 0. The van der Waals surface area contributed by atoms with Crippen molar-refractivity contribution >= 4 is 7.82 Å². The number of unbranched alkanes of at least 4 members (excludes halogenated alkanes) is 9. The second-order valence-electron chi connectivity index (χ2n) is 18.6. The van der Waals surface area contributed by atoms with Gasteiger partial charge >= 0.3 is 7.82 Å². The lowest BCUT2D eigenvalue weighted by Gasteiger charge is -2.29. The molecule has 5 heteroatoms. The van der Waals surface area contributed by atoms with Gasteiger partial charge in [-0.2, -0.15) is 4.57 Å². The van der Waals surface area contributed by atoms with E-state index in [2.05, 4.69) is 101 Å². The van der Waals surface area contributed by atoms with Crippen LogP contribution in [0, 0.1) is 20.8 Å². The number of phosphoric acid groups is 1. The molecule has 0 unspecified atom stereocenters. The summed E-state index contributed by atoms with van der Waals surface area (Å²) in [5, 5.41) is 0. The molecule has 0 radical (unpaired) electrons. The fourth-order valence-corrected chi connectivity index (χ4v) is 10.8. The lowest BCUT2D eigenvalue weighted by Crippen LogP contribution is -2.16. The van der Waals surface area contributed by atoms with E-state index in [0.29, 0.717) is 0 Å². The highest BCUT2D eigenvalue weighted by atomic mass is 31.2. The summed E-state index contributed by atoms with van der Waals surface area (Å²) in [5.41, 5.74) is 15.1. The monoisotopic (exact) mass is 873 g/mol. The Morgan fingerprint density at radius 2 is 0.516 bits per heavy atom. The first-order valence-corrected chi connectivity index (χ1v) is 27.6. The van der Waals surface area contributed by atoms with E-state index >= 15 is 4.57 Å². The minimum atomic E-state index is -4.42. The highest BCUT2D eigenvalue weighted by Crippen LogP contribution is 2.56. The topological polar surface area (TPSA) is 44.8 Å². The number of aryl methyl sites for hydroxylation is 6. The molecular weight excluding hydrogens is 780 g/mol. The number of hydrogen-bond donors (Lipinski definition) is 0. The summed E-state index contributed by atoms with van der Waals surface area (Å²) in [6.07, 6.45) is 27.6. The normalized spacial score (nSPS) is 11.7. The van der Waals surface area contributed by atoms with Gasteiger partial charge in [-0.05, 0) is 203 Å². The van der Waals surface area contributed by atoms with Crippen LogP contribution in [0.15, 0.2) is 18.2 Å². The molecule has 0 saturated carbocycles. The van der Waals surface area contributed by atoms with E-state index in [9.17, 15) is 0 Å². The van der Waals surface area contributed by atoms with Gasteiger partial charge < -0.3 is 13.6 Å². The zero-order chi connectivity index (χ0) is 45.5. The van der Waals surface area contributed by atoms with Gasteiger partial charge in [0, 0.05) is 0 Å². The van der Waals surface area contributed by atoms with Crippen molar-refractivity contribution in [2.75, 3.05) is 0 Å². The van der Waals surface area contributed by atoms with E-state index in [1.807, 2.05) is 0 Å². The molecule has 0 amide bonds. The number of rotatable bonds is 33. The molecule has 3 aromatic carbocycles. The van der Waals surface area contributed by atoms with Crippen LogP contribution in [0.5, 0.6) is 17.2 Å². The predicted molar refractivity (Wildman–Crippen MR) is 271 cm³/mol. The Balaban J connectivity index is 2.59. The maximum absolute atomic E-state index is 16.8. The van der Waals surface area contributed by atoms with E-state index in [0.717, 1.165) is 207 Å². The first-order chi connectivity index (χ1) is 30.0. The van der Waals surface area contributed by atoms with Crippen LogP contribution in [0.4, 0.5) is 0 Å². The van der Waals surface area contributed by atoms with Crippen LogP contribution >= 0.6 is 7.82 Å². The van der Waals surface area contributed by atoms with E-state index in [1.165, 1.54) is 50.1 Å². The predicted octanol–water partition coefficient (Wildman–Crippen LogP) is 18.3. The average Bonchev–Trinajstić information content (AvgIpc) is 3.25. The van der Waals surface area contributed by atoms with Crippen molar-refractivity contribution in [2.45, 2.75) is 256 Å². The molecule has 4 nitrogen and oxygen atoms in total. The molecule has 3 rings (SSSR count). The molecule has 0 aliphatic rings. The molecule has 0 fully saturated rings.